The van der Waals surface area contributed by atoms with Crippen LogP contribution in [0.15, 0.2) is 18.2 Å². The van der Waals surface area contributed by atoms with Crippen molar-refractivity contribution in [1.29, 1.82) is 0 Å². The van der Waals surface area contributed by atoms with Crippen molar-refractivity contribution < 1.29 is 19.5 Å². The Morgan fingerprint density at radius 1 is 1.26 bits per heavy atom. The third-order valence-electron chi connectivity index (χ3n) is 2.31. The molecule has 0 bridgehead atoms. The fourth-order valence-corrected chi connectivity index (χ4v) is 1.39. The molecule has 1 aromatic carbocycles. The second-order valence-corrected chi connectivity index (χ2v) is 3.88. The number of carbonyl (C=O) groups is 3. The molecule has 0 unspecified atom stereocenters. The van der Waals surface area contributed by atoms with Gasteiger partial charge in [0.05, 0.1) is 24.3 Å². The van der Waals surface area contributed by atoms with Crippen LogP contribution < -0.4 is 16.4 Å². The number of hydrogen-bond donors (Lipinski definition) is 4. The highest BCUT2D eigenvalue weighted by atomic mass is 16.4. The SMILES string of the molecule is Cc1ccc(NC(=O)CNC(=O)CN)c(C(=O)O)c1. The quantitative estimate of drug-likeness (QED) is 0.582. The number of carboxylic acids is 1. The Hall–Kier alpha value is -2.41. The number of nitrogens with one attached hydrogen (secondary N) is 2. The summed E-state index contributed by atoms with van der Waals surface area (Å²) >= 11 is 0. The molecule has 0 aromatic heterocycles. The second kappa shape index (κ2) is 6.50. The smallest absolute Gasteiger partial charge is 0.337 e. The molecule has 0 saturated carbocycles. The third kappa shape index (κ3) is 4.40. The molecule has 0 fully saturated rings. The lowest BCUT2D eigenvalue weighted by molar-refractivity contribution is -0.123. The molecule has 5 N–H and O–H groups in total. The summed E-state index contributed by atoms with van der Waals surface area (Å²) < 4.78 is 0. The predicted molar refractivity (Wildman–Crippen MR) is 68.8 cm³/mol. The molecule has 0 radical (unpaired) electrons. The minimum atomic E-state index is -1.13. The van der Waals surface area contributed by atoms with E-state index in [0.29, 0.717) is 0 Å². The van der Waals surface area contributed by atoms with E-state index >= 15 is 0 Å². The zero-order valence-electron chi connectivity index (χ0n) is 10.4. The molecule has 7 heteroatoms. The minimum absolute atomic E-state index is 0.00139. The molecule has 102 valence electrons. The Bertz CT molecular complexity index is 514. The van der Waals surface area contributed by atoms with Gasteiger partial charge in [-0.05, 0) is 19.1 Å². The van der Waals surface area contributed by atoms with Crippen LogP contribution in [0.2, 0.25) is 0 Å². The van der Waals surface area contributed by atoms with E-state index in [-0.39, 0.29) is 24.3 Å². The first-order valence-corrected chi connectivity index (χ1v) is 5.54. The maximum absolute atomic E-state index is 11.5. The maximum Gasteiger partial charge on any atom is 0.337 e. The number of amides is 2. The first-order valence-electron chi connectivity index (χ1n) is 5.54. The lowest BCUT2D eigenvalue weighted by Gasteiger charge is -2.09. The predicted octanol–water partition coefficient (Wildman–Crippen LogP) is -0.293. The Morgan fingerprint density at radius 2 is 1.95 bits per heavy atom. The van der Waals surface area contributed by atoms with Crippen LogP contribution in [0.3, 0.4) is 0 Å². The summed E-state index contributed by atoms with van der Waals surface area (Å²) in [5, 5.41) is 13.7. The number of hydrogen-bond acceptors (Lipinski definition) is 4. The van der Waals surface area contributed by atoms with Crippen molar-refractivity contribution in [2.24, 2.45) is 5.73 Å². The molecule has 19 heavy (non-hydrogen) atoms. The first kappa shape index (κ1) is 14.7. The van der Waals surface area contributed by atoms with Gasteiger partial charge in [0.15, 0.2) is 0 Å². The van der Waals surface area contributed by atoms with Gasteiger partial charge in [0.1, 0.15) is 0 Å². The van der Waals surface area contributed by atoms with E-state index < -0.39 is 17.8 Å². The number of aryl methyl sites for hydroxylation is 1. The lowest BCUT2D eigenvalue weighted by atomic mass is 10.1. The highest BCUT2D eigenvalue weighted by Crippen LogP contribution is 2.17. The van der Waals surface area contributed by atoms with E-state index in [2.05, 4.69) is 10.6 Å². The standard InChI is InChI=1S/C12H15N3O4/c1-7-2-3-9(8(4-7)12(18)19)15-11(17)6-14-10(16)5-13/h2-4H,5-6,13H2,1H3,(H,14,16)(H,15,17)(H,18,19). The lowest BCUT2D eigenvalue weighted by Crippen LogP contribution is -2.36. The Morgan fingerprint density at radius 3 is 2.53 bits per heavy atom. The number of carboxylic acid groups (broad SMARTS) is 1. The Balaban J connectivity index is 2.74. The molecule has 1 rings (SSSR count). The van der Waals surface area contributed by atoms with Gasteiger partial charge in [0.2, 0.25) is 11.8 Å². The highest BCUT2D eigenvalue weighted by Gasteiger charge is 2.12. The molecular formula is C12H15N3O4. The fraction of sp³-hybridized carbons (Fsp3) is 0.250. The second-order valence-electron chi connectivity index (χ2n) is 3.88. The van der Waals surface area contributed by atoms with Crippen molar-refractivity contribution in [3.05, 3.63) is 29.3 Å². The Labute approximate surface area is 109 Å². The largest absolute Gasteiger partial charge is 0.478 e. The van der Waals surface area contributed by atoms with E-state index in [9.17, 15) is 14.4 Å². The third-order valence-corrected chi connectivity index (χ3v) is 2.31. The van der Waals surface area contributed by atoms with Crippen molar-refractivity contribution in [3.8, 4) is 0 Å². The number of rotatable bonds is 5. The van der Waals surface area contributed by atoms with E-state index in [0.717, 1.165) is 5.56 Å². The van der Waals surface area contributed by atoms with Gasteiger partial charge >= 0.3 is 5.97 Å². The van der Waals surface area contributed by atoms with Gasteiger partial charge in [-0.15, -0.1) is 0 Å². The van der Waals surface area contributed by atoms with E-state index in [1.54, 1.807) is 13.0 Å². The van der Waals surface area contributed by atoms with Crippen LogP contribution in [0, 0.1) is 6.92 Å². The average molecular weight is 265 g/mol. The van der Waals surface area contributed by atoms with Crippen LogP contribution in [-0.2, 0) is 9.59 Å². The summed E-state index contributed by atoms with van der Waals surface area (Å²) in [6.45, 7) is 1.28. The van der Waals surface area contributed by atoms with Crippen LogP contribution in [0.4, 0.5) is 5.69 Å². The molecule has 0 heterocycles. The van der Waals surface area contributed by atoms with Crippen LogP contribution in [0.1, 0.15) is 15.9 Å². The number of aromatic carboxylic acids is 1. The number of carbonyl (C=O) groups excluding carboxylic acids is 2. The van der Waals surface area contributed by atoms with Gasteiger partial charge in [-0.1, -0.05) is 11.6 Å². The zero-order chi connectivity index (χ0) is 14.4. The van der Waals surface area contributed by atoms with Crippen molar-refractivity contribution in [2.45, 2.75) is 6.92 Å². The summed E-state index contributed by atoms with van der Waals surface area (Å²) in [6.07, 6.45) is 0. The van der Waals surface area contributed by atoms with Gasteiger partial charge in [0, 0.05) is 0 Å². The summed E-state index contributed by atoms with van der Waals surface area (Å²) in [6, 6.07) is 4.64. The molecule has 1 aromatic rings. The van der Waals surface area contributed by atoms with E-state index in [1.807, 2.05) is 0 Å². The summed E-state index contributed by atoms with van der Waals surface area (Å²) in [5.74, 6) is -2.12. The zero-order valence-corrected chi connectivity index (χ0v) is 10.4. The van der Waals surface area contributed by atoms with Crippen LogP contribution in [-0.4, -0.2) is 36.0 Å². The molecule has 0 aliphatic heterocycles. The number of benzene rings is 1. The normalized spacial score (nSPS) is 9.79. The van der Waals surface area contributed by atoms with Crippen LogP contribution >= 0.6 is 0 Å². The van der Waals surface area contributed by atoms with Crippen molar-refractivity contribution in [2.75, 3.05) is 18.4 Å². The van der Waals surface area contributed by atoms with Crippen LogP contribution in [0.5, 0.6) is 0 Å². The molecule has 0 atom stereocenters. The van der Waals surface area contributed by atoms with E-state index in [4.69, 9.17) is 10.8 Å². The first-order chi connectivity index (χ1) is 8.93. The Kier molecular flexibility index (Phi) is 5.01. The van der Waals surface area contributed by atoms with E-state index in [1.165, 1.54) is 12.1 Å². The van der Waals surface area contributed by atoms with Crippen molar-refractivity contribution >= 4 is 23.5 Å². The molecule has 0 saturated heterocycles. The average Bonchev–Trinajstić information content (AvgIpc) is 2.37. The monoisotopic (exact) mass is 265 g/mol. The number of nitrogens with two attached hydrogens (primary N) is 1. The molecule has 2 amide bonds. The minimum Gasteiger partial charge on any atom is -0.478 e. The number of anilines is 1. The summed E-state index contributed by atoms with van der Waals surface area (Å²) in [4.78, 5) is 33.4. The maximum atomic E-state index is 11.5. The topological polar surface area (TPSA) is 122 Å². The molecule has 0 spiro atoms. The summed E-state index contributed by atoms with van der Waals surface area (Å²) in [7, 11) is 0. The van der Waals surface area contributed by atoms with Gasteiger partial charge < -0.3 is 21.5 Å². The van der Waals surface area contributed by atoms with Gasteiger partial charge in [-0.2, -0.15) is 0 Å². The van der Waals surface area contributed by atoms with Crippen molar-refractivity contribution in [1.82, 2.24) is 5.32 Å². The van der Waals surface area contributed by atoms with Crippen LogP contribution in [0.25, 0.3) is 0 Å². The molecule has 0 aliphatic rings. The van der Waals surface area contributed by atoms with Gasteiger partial charge in [-0.3, -0.25) is 9.59 Å². The van der Waals surface area contributed by atoms with Gasteiger partial charge in [-0.25, -0.2) is 4.79 Å². The molecule has 0 aliphatic carbocycles. The highest BCUT2D eigenvalue weighted by molar-refractivity contribution is 6.01. The molecular weight excluding hydrogens is 250 g/mol. The summed E-state index contributed by atoms with van der Waals surface area (Å²) in [5.41, 5.74) is 6.02. The fourth-order valence-electron chi connectivity index (χ4n) is 1.39. The van der Waals surface area contributed by atoms with Gasteiger partial charge in [0.25, 0.3) is 0 Å². The molecule has 7 nitrogen and oxygen atoms in total. The van der Waals surface area contributed by atoms with Crippen molar-refractivity contribution in [3.63, 3.8) is 0 Å².